The lowest BCUT2D eigenvalue weighted by Crippen LogP contribution is -1.88. The van der Waals surface area contributed by atoms with E-state index in [4.69, 9.17) is 1.37 Å². The van der Waals surface area contributed by atoms with E-state index in [0.29, 0.717) is 6.04 Å². The largest absolute Gasteiger partial charge is 0.448 e. The van der Waals surface area contributed by atoms with E-state index in [1.807, 2.05) is 66.8 Å². The van der Waals surface area contributed by atoms with Gasteiger partial charge in [-0.25, -0.2) is 9.97 Å². The summed E-state index contributed by atoms with van der Waals surface area (Å²) >= 11 is 1.38. The van der Waals surface area contributed by atoms with Crippen LogP contribution in [0.4, 0.5) is 13.2 Å². The van der Waals surface area contributed by atoms with Gasteiger partial charge in [0.1, 0.15) is 0 Å². The Morgan fingerprint density at radius 1 is 0.690 bits per heavy atom. The number of nitrogens with zero attached hydrogens (tertiary/aromatic N) is 2. The third-order valence-corrected chi connectivity index (χ3v) is 3.96. The minimum absolute atomic E-state index is 0.448. The molecule has 8 heteroatoms. The molecule has 4 nitrogen and oxygen atoms in total. The van der Waals surface area contributed by atoms with E-state index in [9.17, 15) is 13.2 Å². The van der Waals surface area contributed by atoms with Gasteiger partial charge in [0.15, 0.2) is 0 Å². The van der Waals surface area contributed by atoms with Gasteiger partial charge in [-0.05, 0) is 72.8 Å². The summed E-state index contributed by atoms with van der Waals surface area (Å²) in [6, 6.07) is 14.1. The molecule has 2 N–H and O–H groups in total. The number of aromatic nitrogens is 4. The zero-order valence-corrected chi connectivity index (χ0v) is 16.3. The van der Waals surface area contributed by atoms with E-state index in [1.165, 1.54) is 15.9 Å². The molecule has 0 aromatic carbocycles. The van der Waals surface area contributed by atoms with Crippen molar-refractivity contribution in [3.63, 3.8) is 0 Å². The van der Waals surface area contributed by atoms with Crippen molar-refractivity contribution in [2.45, 2.75) is 5.09 Å². The summed E-state index contributed by atoms with van der Waals surface area (Å²) in [6.07, 6.45) is 7.88. The molecule has 3 aromatic rings. The molecule has 0 unspecified atom stereocenters. The maximum atomic E-state index is 10.3. The summed E-state index contributed by atoms with van der Waals surface area (Å²) in [7, 11) is 0. The van der Waals surface area contributed by atoms with Crippen LogP contribution in [0.3, 0.4) is 0 Å². The van der Waals surface area contributed by atoms with E-state index in [2.05, 4.69) is 19.9 Å². The molecule has 29 heavy (non-hydrogen) atoms. The Morgan fingerprint density at radius 2 is 1.10 bits per heavy atom. The van der Waals surface area contributed by atoms with Crippen molar-refractivity contribution in [2.24, 2.45) is 0 Å². The molecule has 0 radical (unpaired) electrons. The van der Waals surface area contributed by atoms with Crippen LogP contribution in [0.15, 0.2) is 48.5 Å². The van der Waals surface area contributed by atoms with Gasteiger partial charge in [-0.2, -0.15) is 13.2 Å². The second-order valence-electron chi connectivity index (χ2n) is 6.25. The van der Waals surface area contributed by atoms with Crippen LogP contribution in [0.1, 0.15) is 24.1 Å². The quantitative estimate of drug-likeness (QED) is 0.257. The van der Waals surface area contributed by atoms with E-state index < -0.39 is 5.09 Å². The van der Waals surface area contributed by atoms with Crippen LogP contribution in [0.25, 0.3) is 46.4 Å². The second kappa shape index (κ2) is 7.71. The highest BCUT2D eigenvalue weighted by Crippen LogP contribution is 2.21. The van der Waals surface area contributed by atoms with Gasteiger partial charge in [-0.3, -0.25) is 0 Å². The van der Waals surface area contributed by atoms with Gasteiger partial charge in [0.2, 0.25) is 0 Å². The molecule has 8 bridgehead atoms. The van der Waals surface area contributed by atoms with Crippen molar-refractivity contribution in [2.75, 3.05) is 0 Å². The lowest BCUT2D eigenvalue weighted by molar-refractivity contribution is -0.0245. The Hall–Kier alpha value is -3.13. The number of aromatic amines is 2. The molecule has 5 heterocycles. The van der Waals surface area contributed by atoms with Gasteiger partial charge in [0, 0.05) is 38.0 Å². The maximum Gasteiger partial charge on any atom is 0.448 e. The number of alkyl halides is 4. The van der Waals surface area contributed by atoms with Gasteiger partial charge >= 0.3 is 5.09 Å². The number of H-pyrrole nitrogens is 2. The van der Waals surface area contributed by atoms with E-state index >= 15 is 0 Å². The van der Waals surface area contributed by atoms with Gasteiger partial charge < -0.3 is 9.97 Å². The lowest BCUT2D eigenvalue weighted by Gasteiger charge is -1.86. The van der Waals surface area contributed by atoms with Crippen LogP contribution >= 0.6 is 15.9 Å². The normalized spacial score (nSPS) is 13.0. The summed E-state index contributed by atoms with van der Waals surface area (Å²) in [6.45, 7) is 0. The number of rotatable bonds is 0. The maximum absolute atomic E-state index is 10.3. The molecule has 0 atom stereocenters. The molecule has 2 aliphatic heterocycles. The van der Waals surface area contributed by atoms with Crippen LogP contribution in [-0.2, 0) is 0 Å². The Morgan fingerprint density at radius 3 is 1.69 bits per heavy atom. The van der Waals surface area contributed by atoms with Crippen LogP contribution in [0, 0.1) is 0 Å². The molecule has 0 amide bonds. The first-order chi connectivity index (χ1) is 14.2. The van der Waals surface area contributed by atoms with Crippen LogP contribution in [0.2, 0.25) is 0 Å². The summed E-state index contributed by atoms with van der Waals surface area (Å²) in [4.78, 5) is 15.8. The summed E-state index contributed by atoms with van der Waals surface area (Å²) < 4.78 is 39.0. The molecule has 3 aromatic heterocycles. The first-order valence-corrected chi connectivity index (χ1v) is 9.31. The van der Waals surface area contributed by atoms with Gasteiger partial charge in [-0.1, -0.05) is 0 Å². The standard InChI is InChI=1S/C20H14N4.CBrF3/c1-2-14-10-16-5-6-18(23-16)12-20-8-7-19(24-20)11-17-4-3-15(22-17)9-13(1)21-14;2-1(3,4)5/h1-12,21-22H;/i2D;. The average Bonchev–Trinajstić information content (AvgIpc) is 3.39. The van der Waals surface area contributed by atoms with Crippen LogP contribution < -0.4 is 0 Å². The third-order valence-electron chi connectivity index (χ3n) is 3.96. The monoisotopic (exact) mass is 459 g/mol. The molecule has 0 aliphatic carbocycles. The Balaban J connectivity index is 0.000000393. The smallest absolute Gasteiger partial charge is 0.355 e. The van der Waals surface area contributed by atoms with Crippen molar-refractivity contribution in [3.05, 3.63) is 71.3 Å². The van der Waals surface area contributed by atoms with Gasteiger partial charge in [0.25, 0.3) is 0 Å². The highest BCUT2D eigenvalue weighted by Gasteiger charge is 2.19. The fraction of sp³-hybridized carbons (Fsp3) is 0.0476. The topological polar surface area (TPSA) is 57.4 Å². The molecule has 0 saturated heterocycles. The summed E-state index contributed by atoms with van der Waals surface area (Å²) in [5.74, 6) is 0. The summed E-state index contributed by atoms with van der Waals surface area (Å²) in [5.41, 5.74) is 7.04. The van der Waals surface area contributed by atoms with Crippen LogP contribution in [-0.4, -0.2) is 25.0 Å². The fourth-order valence-electron chi connectivity index (χ4n) is 2.87. The first kappa shape index (κ1) is 17.9. The number of hydrogen-bond donors (Lipinski definition) is 2. The SMILES string of the molecule is FC(F)(F)Br.[2H]c1cc2cc3ccc(cc4nc(cc5nc(cc1[nH]2)C=C5)C=C4)[nH]3. The minimum Gasteiger partial charge on any atom is -0.355 e. The lowest BCUT2D eigenvalue weighted by atomic mass is 10.3. The first-order valence-electron chi connectivity index (χ1n) is 9.02. The minimum atomic E-state index is -4.19. The van der Waals surface area contributed by atoms with Crippen molar-refractivity contribution < 1.29 is 14.5 Å². The zero-order chi connectivity index (χ0) is 21.3. The number of nitrogens with one attached hydrogen (secondary N) is 2. The Bertz CT molecular complexity index is 1310. The molecule has 2 aliphatic rings. The highest BCUT2D eigenvalue weighted by molar-refractivity contribution is 9.09. The Labute approximate surface area is 173 Å². The van der Waals surface area contributed by atoms with E-state index in [1.54, 1.807) is 0 Å². The predicted octanol–water partition coefficient (Wildman–Crippen LogP) is 6.56. The molecule has 146 valence electrons. The zero-order valence-electron chi connectivity index (χ0n) is 15.8. The fourth-order valence-corrected chi connectivity index (χ4v) is 2.87. The predicted molar refractivity (Wildman–Crippen MR) is 114 cm³/mol. The molecule has 0 spiro atoms. The van der Waals surface area contributed by atoms with Gasteiger partial charge in [0.05, 0.1) is 24.1 Å². The van der Waals surface area contributed by atoms with Crippen molar-refractivity contribution in [1.82, 2.24) is 19.9 Å². The molecular weight excluding hydrogens is 445 g/mol. The number of hydrogen-bond acceptors (Lipinski definition) is 2. The van der Waals surface area contributed by atoms with Crippen molar-refractivity contribution >= 4 is 62.3 Å². The highest BCUT2D eigenvalue weighted by atomic mass is 79.9. The van der Waals surface area contributed by atoms with Gasteiger partial charge in [-0.15, -0.1) is 0 Å². The second-order valence-corrected chi connectivity index (χ2v) is 7.15. The Kier molecular flexibility index (Phi) is 4.77. The van der Waals surface area contributed by atoms with Crippen molar-refractivity contribution in [3.8, 4) is 0 Å². The molecular formula is C21H14BrF3N4. The van der Waals surface area contributed by atoms with E-state index in [-0.39, 0.29) is 0 Å². The van der Waals surface area contributed by atoms with Crippen LogP contribution in [0.5, 0.6) is 0 Å². The molecule has 5 rings (SSSR count). The number of halogens is 4. The molecule has 0 fully saturated rings. The average molecular weight is 460 g/mol. The number of fused-ring (bicyclic) bond motifs is 8. The molecule has 0 saturated carbocycles. The summed E-state index contributed by atoms with van der Waals surface area (Å²) in [5, 5.41) is -4.19. The third kappa shape index (κ3) is 5.45. The van der Waals surface area contributed by atoms with Crippen molar-refractivity contribution in [1.29, 1.82) is 0 Å². The van der Waals surface area contributed by atoms with E-state index in [0.717, 1.165) is 44.8 Å².